The zero-order chi connectivity index (χ0) is 24.8. The fourth-order valence-corrected chi connectivity index (χ4v) is 3.63. The number of aliphatic hydroxyl groups excluding tert-OH is 1. The van der Waals surface area contributed by atoms with Crippen LogP contribution in [0.1, 0.15) is 58.4 Å². The molecule has 7 N–H and O–H groups in total. The molecule has 1 aromatic carbocycles. The van der Waals surface area contributed by atoms with Gasteiger partial charge in [0.25, 0.3) is 0 Å². The van der Waals surface area contributed by atoms with E-state index in [1.807, 2.05) is 44.2 Å². The van der Waals surface area contributed by atoms with E-state index in [1.165, 1.54) is 0 Å². The van der Waals surface area contributed by atoms with Gasteiger partial charge in [-0.05, 0) is 50.6 Å². The summed E-state index contributed by atoms with van der Waals surface area (Å²) in [5.74, 6) is -1.20. The summed E-state index contributed by atoms with van der Waals surface area (Å²) in [4.78, 5) is 38.6. The zero-order valence-electron chi connectivity index (χ0n) is 20.3. The van der Waals surface area contributed by atoms with E-state index in [4.69, 9.17) is 11.5 Å². The number of amides is 2. The Morgan fingerprint density at radius 2 is 1.67 bits per heavy atom. The van der Waals surface area contributed by atoms with Crippen LogP contribution in [0, 0.1) is 11.8 Å². The number of unbranched alkanes of at least 4 members (excludes halogenated alkanes) is 1. The standard InChI is InChI=1S/C25H42N4O4/c1-17(2)13-22(29-25(33)21(27)14-19-9-5-4-6-10-19)23(31)15-20(11-7-8-12-26)24(32)28-18(3)16-30/h4-6,9-10,17-18,20-22,30H,7-8,11-16,26-27H2,1-3H3,(H,28,32)(H,29,33)/t18-,20+,21+,22-/m1/s1. The van der Waals surface area contributed by atoms with E-state index in [0.29, 0.717) is 25.8 Å². The first-order valence-electron chi connectivity index (χ1n) is 11.9. The number of nitrogens with two attached hydrogens (primary N) is 2. The van der Waals surface area contributed by atoms with Crippen molar-refractivity contribution in [3.05, 3.63) is 35.9 Å². The number of aliphatic hydroxyl groups is 1. The minimum atomic E-state index is -0.774. The van der Waals surface area contributed by atoms with E-state index in [2.05, 4.69) is 10.6 Å². The fourth-order valence-electron chi connectivity index (χ4n) is 3.63. The minimum Gasteiger partial charge on any atom is -0.394 e. The first kappa shape index (κ1) is 28.7. The van der Waals surface area contributed by atoms with Gasteiger partial charge in [-0.2, -0.15) is 0 Å². The molecule has 4 atom stereocenters. The SMILES string of the molecule is CC(C)C[C@@H](NC(=O)[C@@H](N)Cc1ccccc1)C(=O)C[C@H](CCCCN)C(=O)N[C@H](C)CO. The number of nitrogens with one attached hydrogen (secondary N) is 2. The Balaban J connectivity index is 2.85. The van der Waals surface area contributed by atoms with Crippen LogP contribution in [-0.4, -0.2) is 54.0 Å². The molecule has 2 amide bonds. The van der Waals surface area contributed by atoms with Crippen molar-refractivity contribution in [2.75, 3.05) is 13.2 Å². The summed E-state index contributed by atoms with van der Waals surface area (Å²) in [6.07, 6.45) is 2.85. The third-order valence-corrected chi connectivity index (χ3v) is 5.54. The smallest absolute Gasteiger partial charge is 0.237 e. The van der Waals surface area contributed by atoms with E-state index in [0.717, 1.165) is 18.4 Å². The van der Waals surface area contributed by atoms with Gasteiger partial charge in [0, 0.05) is 18.4 Å². The average molecular weight is 463 g/mol. The molecule has 0 bridgehead atoms. The van der Waals surface area contributed by atoms with Gasteiger partial charge in [-0.15, -0.1) is 0 Å². The maximum atomic E-state index is 13.2. The van der Waals surface area contributed by atoms with Crippen LogP contribution in [0.5, 0.6) is 0 Å². The van der Waals surface area contributed by atoms with Gasteiger partial charge in [0.1, 0.15) is 0 Å². The van der Waals surface area contributed by atoms with Crippen LogP contribution < -0.4 is 22.1 Å². The lowest BCUT2D eigenvalue weighted by Gasteiger charge is -2.24. The predicted octanol–water partition coefficient (Wildman–Crippen LogP) is 1.29. The second-order valence-electron chi connectivity index (χ2n) is 9.23. The van der Waals surface area contributed by atoms with Crippen molar-refractivity contribution < 1.29 is 19.5 Å². The van der Waals surface area contributed by atoms with Gasteiger partial charge >= 0.3 is 0 Å². The van der Waals surface area contributed by atoms with Crippen LogP contribution >= 0.6 is 0 Å². The quantitative estimate of drug-likeness (QED) is 0.234. The number of rotatable bonds is 16. The van der Waals surface area contributed by atoms with Crippen molar-refractivity contribution in [3.8, 4) is 0 Å². The molecule has 1 rings (SSSR count). The summed E-state index contributed by atoms with van der Waals surface area (Å²) in [6, 6.07) is 7.60. The first-order chi connectivity index (χ1) is 15.7. The zero-order valence-corrected chi connectivity index (χ0v) is 20.3. The van der Waals surface area contributed by atoms with Crippen molar-refractivity contribution in [3.63, 3.8) is 0 Å². The summed E-state index contributed by atoms with van der Waals surface area (Å²) in [5.41, 5.74) is 12.6. The molecule has 0 radical (unpaired) electrons. The molecule has 8 nitrogen and oxygen atoms in total. The van der Waals surface area contributed by atoms with Gasteiger partial charge in [0.2, 0.25) is 11.8 Å². The molecule has 33 heavy (non-hydrogen) atoms. The van der Waals surface area contributed by atoms with Gasteiger partial charge in [-0.1, -0.05) is 50.6 Å². The van der Waals surface area contributed by atoms with Gasteiger partial charge < -0.3 is 27.2 Å². The molecule has 0 aliphatic carbocycles. The Kier molecular flexibility index (Phi) is 13.5. The summed E-state index contributed by atoms with van der Waals surface area (Å²) >= 11 is 0. The highest BCUT2D eigenvalue weighted by Gasteiger charge is 2.29. The number of benzene rings is 1. The predicted molar refractivity (Wildman–Crippen MR) is 130 cm³/mol. The van der Waals surface area contributed by atoms with Crippen molar-refractivity contribution >= 4 is 17.6 Å². The number of hydrogen-bond acceptors (Lipinski definition) is 6. The molecule has 0 aliphatic heterocycles. The van der Waals surface area contributed by atoms with E-state index in [-0.39, 0.29) is 36.5 Å². The van der Waals surface area contributed by atoms with Crippen LogP contribution in [0.3, 0.4) is 0 Å². The Morgan fingerprint density at radius 1 is 1.00 bits per heavy atom. The van der Waals surface area contributed by atoms with Gasteiger partial charge in [-0.25, -0.2) is 0 Å². The molecule has 0 spiro atoms. The Labute approximate surface area is 197 Å². The molecule has 0 fully saturated rings. The monoisotopic (exact) mass is 462 g/mol. The molecule has 0 heterocycles. The number of carbonyl (C=O) groups excluding carboxylic acids is 3. The molecule has 0 saturated carbocycles. The molecule has 0 saturated heterocycles. The third kappa shape index (κ3) is 11.4. The van der Waals surface area contributed by atoms with Gasteiger partial charge in [0.15, 0.2) is 5.78 Å². The van der Waals surface area contributed by atoms with Crippen LogP contribution in [0.25, 0.3) is 0 Å². The summed E-state index contributed by atoms with van der Waals surface area (Å²) < 4.78 is 0. The topological polar surface area (TPSA) is 148 Å². The highest BCUT2D eigenvalue weighted by molar-refractivity contribution is 5.93. The number of ketones is 1. The Bertz CT molecular complexity index is 726. The molecule has 186 valence electrons. The third-order valence-electron chi connectivity index (χ3n) is 5.54. The first-order valence-corrected chi connectivity index (χ1v) is 11.9. The largest absolute Gasteiger partial charge is 0.394 e. The Hall–Kier alpha value is -2.29. The number of carbonyl (C=O) groups is 3. The maximum Gasteiger partial charge on any atom is 0.237 e. The second kappa shape index (κ2) is 15.5. The lowest BCUT2D eigenvalue weighted by atomic mass is 9.89. The van der Waals surface area contributed by atoms with Crippen molar-refractivity contribution in [1.29, 1.82) is 0 Å². The van der Waals surface area contributed by atoms with E-state index >= 15 is 0 Å². The molecule has 8 heteroatoms. The lowest BCUT2D eigenvalue weighted by molar-refractivity contribution is -0.132. The van der Waals surface area contributed by atoms with Crippen LogP contribution in [0.2, 0.25) is 0 Å². The summed E-state index contributed by atoms with van der Waals surface area (Å²) in [6.45, 7) is 5.99. The molecule has 0 aliphatic rings. The van der Waals surface area contributed by atoms with Crippen LogP contribution in [0.15, 0.2) is 30.3 Å². The van der Waals surface area contributed by atoms with Crippen LogP contribution in [-0.2, 0) is 20.8 Å². The van der Waals surface area contributed by atoms with Gasteiger partial charge in [-0.3, -0.25) is 14.4 Å². The minimum absolute atomic E-state index is 0.0140. The lowest BCUT2D eigenvalue weighted by Crippen LogP contribution is -2.50. The maximum absolute atomic E-state index is 13.2. The normalized spacial score (nSPS) is 14.9. The fraction of sp³-hybridized carbons (Fsp3) is 0.640. The van der Waals surface area contributed by atoms with Gasteiger partial charge in [0.05, 0.1) is 18.7 Å². The molecular formula is C25H42N4O4. The van der Waals surface area contributed by atoms with E-state index in [9.17, 15) is 19.5 Å². The molecule has 1 aromatic rings. The van der Waals surface area contributed by atoms with Crippen molar-refractivity contribution in [2.45, 2.75) is 77.4 Å². The molecule has 0 unspecified atom stereocenters. The highest BCUT2D eigenvalue weighted by atomic mass is 16.3. The number of hydrogen-bond donors (Lipinski definition) is 5. The van der Waals surface area contributed by atoms with Crippen LogP contribution in [0.4, 0.5) is 0 Å². The van der Waals surface area contributed by atoms with Crippen molar-refractivity contribution in [1.82, 2.24) is 10.6 Å². The number of Topliss-reactive ketones (excluding diaryl/α,β-unsaturated/α-hetero) is 1. The van der Waals surface area contributed by atoms with E-state index < -0.39 is 24.0 Å². The highest BCUT2D eigenvalue weighted by Crippen LogP contribution is 2.18. The average Bonchev–Trinajstić information content (AvgIpc) is 2.78. The van der Waals surface area contributed by atoms with Crippen molar-refractivity contribution in [2.24, 2.45) is 23.3 Å². The van der Waals surface area contributed by atoms with E-state index in [1.54, 1.807) is 6.92 Å². The summed E-state index contributed by atoms with van der Waals surface area (Å²) in [5, 5.41) is 14.8. The Morgan fingerprint density at radius 3 is 2.24 bits per heavy atom. The second-order valence-corrected chi connectivity index (χ2v) is 9.23. The summed E-state index contributed by atoms with van der Waals surface area (Å²) in [7, 11) is 0. The molecule has 0 aromatic heterocycles. The molecular weight excluding hydrogens is 420 g/mol.